The Morgan fingerprint density at radius 3 is 2.58 bits per heavy atom. The van der Waals surface area contributed by atoms with E-state index in [-0.39, 0.29) is 5.95 Å². The smallest absolute Gasteiger partial charge is 0.228 e. The lowest BCUT2D eigenvalue weighted by Crippen LogP contribution is -2.37. The van der Waals surface area contributed by atoms with E-state index in [0.717, 1.165) is 41.9 Å². The van der Waals surface area contributed by atoms with E-state index < -0.39 is 0 Å². The maximum absolute atomic E-state index is 5.63. The van der Waals surface area contributed by atoms with E-state index in [1.165, 1.54) is 0 Å². The monoisotopic (exact) mass is 354 g/mol. The Hall–Kier alpha value is -2.81. The maximum atomic E-state index is 5.63. The first-order valence-electron chi connectivity index (χ1n) is 8.82. The minimum atomic E-state index is 0.234. The Morgan fingerprint density at radius 2 is 1.88 bits per heavy atom. The van der Waals surface area contributed by atoms with E-state index in [2.05, 4.69) is 38.3 Å². The Morgan fingerprint density at radius 1 is 1.15 bits per heavy atom. The molecule has 0 aliphatic carbocycles. The first-order valence-corrected chi connectivity index (χ1v) is 8.82. The molecule has 1 fully saturated rings. The molecule has 136 valence electrons. The minimum Gasteiger partial charge on any atom is -0.378 e. The van der Waals surface area contributed by atoms with Gasteiger partial charge in [0.25, 0.3) is 0 Å². The molecule has 26 heavy (non-hydrogen) atoms. The van der Waals surface area contributed by atoms with Crippen LogP contribution in [0.1, 0.15) is 26.3 Å². The van der Waals surface area contributed by atoms with Crippen molar-refractivity contribution in [3.63, 3.8) is 0 Å². The highest BCUT2D eigenvalue weighted by Gasteiger charge is 2.21. The van der Waals surface area contributed by atoms with E-state index in [9.17, 15) is 0 Å². The lowest BCUT2D eigenvalue weighted by atomic mass is 10.2. The highest BCUT2D eigenvalue weighted by atomic mass is 16.5. The van der Waals surface area contributed by atoms with Gasteiger partial charge in [0.05, 0.1) is 19.5 Å². The number of anilines is 2. The second-order valence-corrected chi connectivity index (χ2v) is 6.38. The summed E-state index contributed by atoms with van der Waals surface area (Å²) in [5.74, 6) is 0.912. The molecule has 0 spiro atoms. The molecule has 2 N–H and O–H groups in total. The molecule has 0 amide bonds. The molecule has 9 nitrogen and oxygen atoms in total. The summed E-state index contributed by atoms with van der Waals surface area (Å²) in [4.78, 5) is 24.5. The summed E-state index contributed by atoms with van der Waals surface area (Å²) in [5, 5.41) is 0. The van der Waals surface area contributed by atoms with Crippen LogP contribution in [0.15, 0.2) is 18.7 Å². The standard InChI is InChI=1S/C17H22N8O/c1-3-11(2)25-10-21-14-13(12-8-19-16(18)20-9-12)22-17(23-15(14)25)24-4-6-26-7-5-24/h8-11H,3-7H2,1-2H3,(H2,18,19,20)/t11-/m0/s1. The van der Waals surface area contributed by atoms with Crippen LogP contribution in [0.2, 0.25) is 0 Å². The van der Waals surface area contributed by atoms with Gasteiger partial charge in [0.1, 0.15) is 11.2 Å². The van der Waals surface area contributed by atoms with Crippen molar-refractivity contribution >= 4 is 23.1 Å². The number of aromatic nitrogens is 6. The van der Waals surface area contributed by atoms with Gasteiger partial charge in [-0.1, -0.05) is 6.92 Å². The zero-order valence-electron chi connectivity index (χ0n) is 15.0. The molecule has 4 heterocycles. The number of nitrogens with zero attached hydrogens (tertiary/aromatic N) is 7. The third kappa shape index (κ3) is 2.94. The lowest BCUT2D eigenvalue weighted by Gasteiger charge is -2.27. The molecule has 3 aromatic heterocycles. The van der Waals surface area contributed by atoms with Crippen LogP contribution in [-0.4, -0.2) is 55.8 Å². The zero-order chi connectivity index (χ0) is 18.1. The molecule has 4 rings (SSSR count). The fraction of sp³-hybridized carbons (Fsp3) is 0.471. The van der Waals surface area contributed by atoms with Crippen molar-refractivity contribution < 1.29 is 4.74 Å². The average molecular weight is 354 g/mol. The molecule has 3 aromatic rings. The van der Waals surface area contributed by atoms with Crippen LogP contribution in [0.25, 0.3) is 22.4 Å². The number of fused-ring (bicyclic) bond motifs is 1. The van der Waals surface area contributed by atoms with Gasteiger partial charge in [-0.25, -0.2) is 19.9 Å². The summed E-state index contributed by atoms with van der Waals surface area (Å²) in [6.45, 7) is 7.18. The van der Waals surface area contributed by atoms with Gasteiger partial charge in [-0.15, -0.1) is 0 Å². The number of nitrogens with two attached hydrogens (primary N) is 1. The zero-order valence-corrected chi connectivity index (χ0v) is 15.0. The van der Waals surface area contributed by atoms with Gasteiger partial charge in [0.15, 0.2) is 5.65 Å². The van der Waals surface area contributed by atoms with Crippen LogP contribution in [-0.2, 0) is 4.74 Å². The molecular formula is C17H22N8O. The first-order chi connectivity index (χ1) is 12.7. The Labute approximate surface area is 151 Å². The number of nitrogen functional groups attached to an aromatic ring is 1. The number of imidazole rings is 1. The quantitative estimate of drug-likeness (QED) is 0.754. The van der Waals surface area contributed by atoms with Crippen LogP contribution >= 0.6 is 0 Å². The third-order valence-electron chi connectivity index (χ3n) is 4.71. The molecule has 1 saturated heterocycles. The van der Waals surface area contributed by atoms with Gasteiger partial charge in [0, 0.05) is 37.1 Å². The number of ether oxygens (including phenoxy) is 1. The van der Waals surface area contributed by atoms with Gasteiger partial charge in [-0.05, 0) is 13.3 Å². The van der Waals surface area contributed by atoms with Crippen molar-refractivity contribution in [2.75, 3.05) is 36.9 Å². The van der Waals surface area contributed by atoms with E-state index in [1.54, 1.807) is 12.4 Å². The summed E-state index contributed by atoms with van der Waals surface area (Å²) in [6, 6.07) is 0.294. The summed E-state index contributed by atoms with van der Waals surface area (Å²) in [7, 11) is 0. The number of hydrogen-bond acceptors (Lipinski definition) is 8. The summed E-state index contributed by atoms with van der Waals surface area (Å²) < 4.78 is 7.55. The maximum Gasteiger partial charge on any atom is 0.228 e. The highest BCUT2D eigenvalue weighted by Crippen LogP contribution is 2.29. The first kappa shape index (κ1) is 16.6. The van der Waals surface area contributed by atoms with Crippen molar-refractivity contribution in [3.05, 3.63) is 18.7 Å². The summed E-state index contributed by atoms with van der Waals surface area (Å²) in [5.41, 5.74) is 8.69. The van der Waals surface area contributed by atoms with Crippen LogP contribution in [0.3, 0.4) is 0 Å². The van der Waals surface area contributed by atoms with E-state index in [1.807, 2.05) is 6.33 Å². The second kappa shape index (κ2) is 6.83. The van der Waals surface area contributed by atoms with Crippen molar-refractivity contribution in [2.24, 2.45) is 0 Å². The fourth-order valence-electron chi connectivity index (χ4n) is 2.99. The molecule has 1 aliphatic heterocycles. The molecule has 1 aliphatic rings. The van der Waals surface area contributed by atoms with Gasteiger partial charge < -0.3 is 19.9 Å². The van der Waals surface area contributed by atoms with Crippen LogP contribution in [0, 0.1) is 0 Å². The van der Waals surface area contributed by atoms with Crippen LogP contribution in [0.5, 0.6) is 0 Å². The normalized spacial score (nSPS) is 16.2. The lowest BCUT2D eigenvalue weighted by molar-refractivity contribution is 0.122. The predicted octanol–water partition coefficient (Wildman–Crippen LogP) is 1.67. The van der Waals surface area contributed by atoms with Crippen molar-refractivity contribution in [3.8, 4) is 11.3 Å². The van der Waals surface area contributed by atoms with E-state index in [0.29, 0.717) is 25.2 Å². The SMILES string of the molecule is CC[C@H](C)n1cnc2c(-c3cnc(N)nc3)nc(N3CCOCC3)nc21. The van der Waals surface area contributed by atoms with Gasteiger partial charge in [-0.2, -0.15) is 4.98 Å². The van der Waals surface area contributed by atoms with E-state index >= 15 is 0 Å². The molecule has 0 saturated carbocycles. The van der Waals surface area contributed by atoms with Gasteiger partial charge in [-0.3, -0.25) is 0 Å². The molecular weight excluding hydrogens is 332 g/mol. The average Bonchev–Trinajstić information content (AvgIpc) is 3.12. The third-order valence-corrected chi connectivity index (χ3v) is 4.71. The summed E-state index contributed by atoms with van der Waals surface area (Å²) in [6.07, 6.45) is 6.17. The molecule has 0 unspecified atom stereocenters. The molecule has 0 radical (unpaired) electrons. The van der Waals surface area contributed by atoms with E-state index in [4.69, 9.17) is 20.4 Å². The molecule has 0 bridgehead atoms. The van der Waals surface area contributed by atoms with Crippen LogP contribution in [0.4, 0.5) is 11.9 Å². The van der Waals surface area contributed by atoms with Crippen molar-refractivity contribution in [1.82, 2.24) is 29.5 Å². The summed E-state index contributed by atoms with van der Waals surface area (Å²) >= 11 is 0. The Balaban J connectivity index is 1.90. The van der Waals surface area contributed by atoms with Gasteiger partial charge in [0.2, 0.25) is 11.9 Å². The highest BCUT2D eigenvalue weighted by molar-refractivity contribution is 5.88. The van der Waals surface area contributed by atoms with Crippen molar-refractivity contribution in [2.45, 2.75) is 26.3 Å². The Bertz CT molecular complexity index is 901. The number of rotatable bonds is 4. The fourth-order valence-corrected chi connectivity index (χ4v) is 2.99. The minimum absolute atomic E-state index is 0.234. The van der Waals surface area contributed by atoms with Gasteiger partial charge >= 0.3 is 0 Å². The topological polar surface area (TPSA) is 108 Å². The largest absolute Gasteiger partial charge is 0.378 e. The molecule has 1 atom stereocenters. The van der Waals surface area contributed by atoms with Crippen molar-refractivity contribution in [1.29, 1.82) is 0 Å². The van der Waals surface area contributed by atoms with Crippen LogP contribution < -0.4 is 10.6 Å². The number of morpholine rings is 1. The predicted molar refractivity (Wildman–Crippen MR) is 98.8 cm³/mol. The molecule has 0 aromatic carbocycles. The number of hydrogen-bond donors (Lipinski definition) is 1. The second-order valence-electron chi connectivity index (χ2n) is 6.38. The Kier molecular flexibility index (Phi) is 4.37. The molecule has 9 heteroatoms.